The third-order valence-electron chi connectivity index (χ3n) is 3.58. The van der Waals surface area contributed by atoms with Gasteiger partial charge in [-0.3, -0.25) is 0 Å². The molecule has 2 heterocycles. The summed E-state index contributed by atoms with van der Waals surface area (Å²) in [5.74, 6) is 1.92. The summed E-state index contributed by atoms with van der Waals surface area (Å²) >= 11 is 0. The van der Waals surface area contributed by atoms with E-state index >= 15 is 0 Å². The van der Waals surface area contributed by atoms with E-state index in [4.69, 9.17) is 5.26 Å². The Bertz CT molecular complexity index is 404. The van der Waals surface area contributed by atoms with Crippen LogP contribution in [0.5, 0.6) is 0 Å². The van der Waals surface area contributed by atoms with Gasteiger partial charge in [0.25, 0.3) is 0 Å². The molecular formula is C12H13N3. The van der Waals surface area contributed by atoms with Crippen LogP contribution in [0.4, 0.5) is 5.82 Å². The van der Waals surface area contributed by atoms with Crippen molar-refractivity contribution >= 4 is 5.82 Å². The topological polar surface area (TPSA) is 39.9 Å². The van der Waals surface area contributed by atoms with Gasteiger partial charge >= 0.3 is 0 Å². The monoisotopic (exact) mass is 199 g/mol. The molecule has 0 amide bonds. The van der Waals surface area contributed by atoms with Gasteiger partial charge in [0.05, 0.1) is 5.56 Å². The maximum Gasteiger partial charge on any atom is 0.128 e. The Morgan fingerprint density at radius 1 is 1.40 bits per heavy atom. The van der Waals surface area contributed by atoms with E-state index in [0.717, 1.165) is 18.3 Å². The van der Waals surface area contributed by atoms with Crippen LogP contribution in [0.3, 0.4) is 0 Å². The molecule has 0 radical (unpaired) electrons. The molecule has 0 aromatic carbocycles. The third kappa shape index (κ3) is 1.37. The van der Waals surface area contributed by atoms with Crippen molar-refractivity contribution in [1.29, 1.82) is 5.26 Å². The molecule has 3 heteroatoms. The Labute approximate surface area is 89.3 Å². The summed E-state index contributed by atoms with van der Waals surface area (Å²) in [7, 11) is 0. The van der Waals surface area contributed by atoms with E-state index in [0.29, 0.717) is 11.6 Å². The average molecular weight is 199 g/mol. The fourth-order valence-electron chi connectivity index (χ4n) is 2.83. The molecule has 0 spiro atoms. The van der Waals surface area contributed by atoms with Crippen LogP contribution in [-0.4, -0.2) is 17.6 Å². The summed E-state index contributed by atoms with van der Waals surface area (Å²) in [6.45, 7) is 1.16. The highest BCUT2D eigenvalue weighted by atomic mass is 15.2. The number of nitriles is 1. The van der Waals surface area contributed by atoms with Crippen molar-refractivity contribution in [1.82, 2.24) is 4.98 Å². The van der Waals surface area contributed by atoms with Crippen LogP contribution in [0.2, 0.25) is 0 Å². The SMILES string of the molecule is N#Cc1ccc(N2CC3CCC2C3)nc1. The van der Waals surface area contributed by atoms with Crippen LogP contribution >= 0.6 is 0 Å². The summed E-state index contributed by atoms with van der Waals surface area (Å²) in [5.41, 5.74) is 0.642. The minimum atomic E-state index is 0.642. The normalized spacial score (nSPS) is 28.1. The van der Waals surface area contributed by atoms with Crippen LogP contribution in [-0.2, 0) is 0 Å². The van der Waals surface area contributed by atoms with Crippen molar-refractivity contribution in [2.24, 2.45) is 5.92 Å². The lowest BCUT2D eigenvalue weighted by atomic mass is 10.1. The molecule has 2 aliphatic rings. The number of piperidine rings is 1. The fraction of sp³-hybridized carbons (Fsp3) is 0.500. The number of pyridine rings is 1. The standard InChI is InChI=1S/C12H13N3/c13-6-10-2-4-12(14-7-10)15-8-9-1-3-11(15)5-9/h2,4,7,9,11H,1,3,5,8H2. The number of hydrogen-bond donors (Lipinski definition) is 0. The van der Waals surface area contributed by atoms with Gasteiger partial charge < -0.3 is 4.90 Å². The van der Waals surface area contributed by atoms with Crippen LogP contribution in [0.1, 0.15) is 24.8 Å². The van der Waals surface area contributed by atoms with Crippen molar-refractivity contribution in [2.75, 3.05) is 11.4 Å². The molecular weight excluding hydrogens is 186 g/mol. The highest BCUT2D eigenvalue weighted by Gasteiger charge is 2.38. The van der Waals surface area contributed by atoms with Gasteiger partial charge in [-0.1, -0.05) is 0 Å². The molecule has 1 aliphatic carbocycles. The van der Waals surface area contributed by atoms with Crippen molar-refractivity contribution in [2.45, 2.75) is 25.3 Å². The molecule has 3 rings (SSSR count). The van der Waals surface area contributed by atoms with Gasteiger partial charge in [0.1, 0.15) is 11.9 Å². The molecule has 1 saturated carbocycles. The van der Waals surface area contributed by atoms with Crippen molar-refractivity contribution in [3.8, 4) is 6.07 Å². The van der Waals surface area contributed by atoms with E-state index in [1.54, 1.807) is 6.20 Å². The second kappa shape index (κ2) is 3.23. The largest absolute Gasteiger partial charge is 0.353 e. The predicted molar refractivity (Wildman–Crippen MR) is 57.4 cm³/mol. The lowest BCUT2D eigenvalue weighted by molar-refractivity contribution is 0.550. The molecule has 1 aromatic heterocycles. The van der Waals surface area contributed by atoms with Crippen LogP contribution in [0.15, 0.2) is 18.3 Å². The predicted octanol–water partition coefficient (Wildman–Crippen LogP) is 1.94. The van der Waals surface area contributed by atoms with E-state index in [9.17, 15) is 0 Å². The Balaban J connectivity index is 1.85. The molecule has 1 saturated heterocycles. The third-order valence-corrected chi connectivity index (χ3v) is 3.58. The molecule has 2 atom stereocenters. The fourth-order valence-corrected chi connectivity index (χ4v) is 2.83. The maximum absolute atomic E-state index is 8.70. The van der Waals surface area contributed by atoms with Crippen LogP contribution in [0, 0.1) is 17.2 Å². The molecule has 2 unspecified atom stereocenters. The summed E-state index contributed by atoms with van der Waals surface area (Å²) in [5, 5.41) is 8.70. The molecule has 15 heavy (non-hydrogen) atoms. The maximum atomic E-state index is 8.70. The Kier molecular flexibility index (Phi) is 1.88. The number of hydrogen-bond acceptors (Lipinski definition) is 3. The molecule has 2 bridgehead atoms. The Hall–Kier alpha value is -1.56. The second-order valence-corrected chi connectivity index (χ2v) is 4.50. The van der Waals surface area contributed by atoms with Gasteiger partial charge in [0.15, 0.2) is 0 Å². The minimum Gasteiger partial charge on any atom is -0.353 e. The lowest BCUT2D eigenvalue weighted by Crippen LogP contribution is -2.32. The Morgan fingerprint density at radius 3 is 2.87 bits per heavy atom. The highest BCUT2D eigenvalue weighted by molar-refractivity contribution is 5.44. The van der Waals surface area contributed by atoms with E-state index in [1.165, 1.54) is 19.3 Å². The van der Waals surface area contributed by atoms with Crippen LogP contribution < -0.4 is 4.90 Å². The van der Waals surface area contributed by atoms with E-state index < -0.39 is 0 Å². The highest BCUT2D eigenvalue weighted by Crippen LogP contribution is 2.39. The summed E-state index contributed by atoms with van der Waals surface area (Å²) in [4.78, 5) is 6.75. The average Bonchev–Trinajstić information content (AvgIpc) is 2.91. The molecule has 76 valence electrons. The lowest BCUT2D eigenvalue weighted by Gasteiger charge is -2.27. The second-order valence-electron chi connectivity index (χ2n) is 4.50. The number of rotatable bonds is 1. The Morgan fingerprint density at radius 2 is 2.33 bits per heavy atom. The molecule has 3 nitrogen and oxygen atoms in total. The zero-order valence-corrected chi connectivity index (χ0v) is 8.56. The van der Waals surface area contributed by atoms with Gasteiger partial charge in [-0.15, -0.1) is 0 Å². The number of fused-ring (bicyclic) bond motifs is 2. The van der Waals surface area contributed by atoms with Gasteiger partial charge in [-0.25, -0.2) is 4.98 Å². The quantitative estimate of drug-likeness (QED) is 0.694. The first-order valence-corrected chi connectivity index (χ1v) is 5.49. The van der Waals surface area contributed by atoms with Gasteiger partial charge in [0, 0.05) is 18.8 Å². The summed E-state index contributed by atoms with van der Waals surface area (Å²) in [6, 6.07) is 6.63. The van der Waals surface area contributed by atoms with Crippen molar-refractivity contribution < 1.29 is 0 Å². The molecule has 1 aromatic rings. The number of aromatic nitrogens is 1. The molecule has 0 N–H and O–H groups in total. The summed E-state index contributed by atoms with van der Waals surface area (Å²) < 4.78 is 0. The molecule has 1 aliphatic heterocycles. The van der Waals surface area contributed by atoms with Crippen LogP contribution in [0.25, 0.3) is 0 Å². The van der Waals surface area contributed by atoms with E-state index in [1.807, 2.05) is 12.1 Å². The van der Waals surface area contributed by atoms with E-state index in [2.05, 4.69) is 16.0 Å². The van der Waals surface area contributed by atoms with E-state index in [-0.39, 0.29) is 0 Å². The van der Waals surface area contributed by atoms with Crippen molar-refractivity contribution in [3.05, 3.63) is 23.9 Å². The first-order valence-electron chi connectivity index (χ1n) is 5.49. The number of anilines is 1. The smallest absolute Gasteiger partial charge is 0.128 e. The van der Waals surface area contributed by atoms with Gasteiger partial charge in [0.2, 0.25) is 0 Å². The number of nitrogens with zero attached hydrogens (tertiary/aromatic N) is 3. The van der Waals surface area contributed by atoms with Gasteiger partial charge in [-0.2, -0.15) is 5.26 Å². The first-order chi connectivity index (χ1) is 7.36. The van der Waals surface area contributed by atoms with Gasteiger partial charge in [-0.05, 0) is 37.3 Å². The molecule has 2 fully saturated rings. The first kappa shape index (κ1) is 8.72. The zero-order chi connectivity index (χ0) is 10.3. The van der Waals surface area contributed by atoms with Crippen molar-refractivity contribution in [3.63, 3.8) is 0 Å². The summed E-state index contributed by atoms with van der Waals surface area (Å²) in [6.07, 6.45) is 5.70. The zero-order valence-electron chi connectivity index (χ0n) is 8.56. The minimum absolute atomic E-state index is 0.642.